The molecule has 0 bridgehead atoms. The Morgan fingerprint density at radius 1 is 1.14 bits per heavy atom. The van der Waals surface area contributed by atoms with Gasteiger partial charge in [0.15, 0.2) is 0 Å². The molecular weight excluding hydrogens is 364 g/mol. The van der Waals surface area contributed by atoms with E-state index in [1.165, 1.54) is 25.7 Å². The zero-order valence-electron chi connectivity index (χ0n) is 18.3. The number of esters is 1. The maximum absolute atomic E-state index is 12.0. The highest BCUT2D eigenvalue weighted by Gasteiger charge is 2.26. The molecule has 1 saturated heterocycles. The first-order valence-electron chi connectivity index (χ1n) is 11.4. The second kappa shape index (κ2) is 14.2. The molecule has 1 aliphatic rings. The summed E-state index contributed by atoms with van der Waals surface area (Å²) in [5, 5.41) is 4.48. The molecule has 162 valence electrons. The molecule has 0 amide bonds. The van der Waals surface area contributed by atoms with E-state index >= 15 is 0 Å². The minimum absolute atomic E-state index is 0.00444. The van der Waals surface area contributed by atoms with Crippen LogP contribution in [0.1, 0.15) is 70.8 Å². The van der Waals surface area contributed by atoms with Gasteiger partial charge in [-0.2, -0.15) is 0 Å². The molecule has 1 fully saturated rings. The number of hydrogen-bond donors (Lipinski definition) is 0. The van der Waals surface area contributed by atoms with Crippen LogP contribution in [0.4, 0.5) is 0 Å². The number of carbonyl (C=O) groups excluding carboxylic acids is 1. The van der Waals surface area contributed by atoms with Gasteiger partial charge in [-0.15, -0.1) is 0 Å². The molecule has 1 aromatic carbocycles. The van der Waals surface area contributed by atoms with Crippen LogP contribution in [0.15, 0.2) is 35.5 Å². The highest BCUT2D eigenvalue weighted by Crippen LogP contribution is 2.18. The third-order valence-electron chi connectivity index (χ3n) is 5.42. The topological polar surface area (TPSA) is 51.1 Å². The molecule has 1 atom stereocenters. The van der Waals surface area contributed by atoms with Crippen LogP contribution in [0.5, 0.6) is 0 Å². The normalized spacial score (nSPS) is 17.9. The van der Waals surface area contributed by atoms with Crippen LogP contribution < -0.4 is 0 Å². The number of ether oxygens (including phenoxy) is 1. The maximum Gasteiger partial charge on any atom is 0.310 e. The standard InChI is InChI=1S/C24H38N2O3/c1-3-5-6-7-11-16-23(21-13-9-8-10-14-21)25-29-19-18-26-17-12-15-22(20-26)24(27)28-4-2/h8-10,13-14,22H,3-7,11-12,15-20H2,1-2H3/b25-23+/t22-/m1/s1. The first kappa shape index (κ1) is 23.4. The summed E-state index contributed by atoms with van der Waals surface area (Å²) < 4.78 is 5.18. The molecule has 0 radical (unpaired) electrons. The van der Waals surface area contributed by atoms with Crippen molar-refractivity contribution in [3.8, 4) is 0 Å². The van der Waals surface area contributed by atoms with Crippen LogP contribution in [-0.2, 0) is 14.4 Å². The molecule has 2 rings (SSSR count). The van der Waals surface area contributed by atoms with Crippen molar-refractivity contribution < 1.29 is 14.4 Å². The van der Waals surface area contributed by atoms with Gasteiger partial charge in [-0.25, -0.2) is 0 Å². The van der Waals surface area contributed by atoms with Gasteiger partial charge in [-0.1, -0.05) is 68.1 Å². The van der Waals surface area contributed by atoms with E-state index in [0.717, 1.165) is 56.6 Å². The van der Waals surface area contributed by atoms with Crippen LogP contribution in [0.3, 0.4) is 0 Å². The number of hydrogen-bond acceptors (Lipinski definition) is 5. The van der Waals surface area contributed by atoms with Gasteiger partial charge < -0.3 is 9.57 Å². The van der Waals surface area contributed by atoms with Crippen LogP contribution in [-0.4, -0.2) is 49.4 Å². The van der Waals surface area contributed by atoms with Crippen LogP contribution in [0.2, 0.25) is 0 Å². The zero-order chi connectivity index (χ0) is 20.7. The summed E-state index contributed by atoms with van der Waals surface area (Å²) in [5.41, 5.74) is 2.17. The Labute approximate surface area is 176 Å². The molecule has 1 aliphatic heterocycles. The lowest BCUT2D eigenvalue weighted by Gasteiger charge is -2.30. The lowest BCUT2D eigenvalue weighted by molar-refractivity contribution is -0.150. The first-order chi connectivity index (χ1) is 14.2. The Morgan fingerprint density at radius 3 is 2.69 bits per heavy atom. The van der Waals surface area contributed by atoms with Gasteiger partial charge in [-0.05, 0) is 44.7 Å². The number of carbonyl (C=O) groups is 1. The van der Waals surface area contributed by atoms with Crippen LogP contribution in [0, 0.1) is 5.92 Å². The van der Waals surface area contributed by atoms with Gasteiger partial charge in [-0.3, -0.25) is 9.69 Å². The summed E-state index contributed by atoms with van der Waals surface area (Å²) >= 11 is 0. The fourth-order valence-electron chi connectivity index (χ4n) is 3.77. The molecular formula is C24H38N2O3. The predicted octanol–water partition coefficient (Wildman–Crippen LogP) is 5.04. The second-order valence-electron chi connectivity index (χ2n) is 7.79. The molecule has 5 nitrogen and oxygen atoms in total. The molecule has 1 aromatic rings. The van der Waals surface area contributed by atoms with E-state index in [2.05, 4.69) is 29.1 Å². The Morgan fingerprint density at radius 2 is 1.93 bits per heavy atom. The molecule has 0 saturated carbocycles. The second-order valence-corrected chi connectivity index (χ2v) is 7.79. The number of nitrogens with zero attached hydrogens (tertiary/aromatic N) is 2. The fraction of sp³-hybridized carbons (Fsp3) is 0.667. The Balaban J connectivity index is 1.79. The summed E-state index contributed by atoms with van der Waals surface area (Å²) in [6.07, 6.45) is 9.13. The number of oxime groups is 1. The van der Waals surface area contributed by atoms with Gasteiger partial charge in [0, 0.05) is 13.1 Å². The summed E-state index contributed by atoms with van der Waals surface area (Å²) in [6.45, 7) is 7.65. The molecule has 5 heteroatoms. The average molecular weight is 403 g/mol. The number of likely N-dealkylation sites (tertiary alicyclic amines) is 1. The lowest BCUT2D eigenvalue weighted by atomic mass is 9.98. The Hall–Kier alpha value is -1.88. The van der Waals surface area contributed by atoms with Crippen molar-refractivity contribution in [2.24, 2.45) is 11.1 Å². The third kappa shape index (κ3) is 8.99. The van der Waals surface area contributed by atoms with Gasteiger partial charge in [0.05, 0.1) is 18.2 Å². The van der Waals surface area contributed by atoms with Crippen molar-refractivity contribution in [3.05, 3.63) is 35.9 Å². The van der Waals surface area contributed by atoms with E-state index in [4.69, 9.17) is 9.57 Å². The molecule has 1 heterocycles. The monoisotopic (exact) mass is 402 g/mol. The van der Waals surface area contributed by atoms with Crippen molar-refractivity contribution in [1.29, 1.82) is 0 Å². The van der Waals surface area contributed by atoms with E-state index in [0.29, 0.717) is 13.2 Å². The first-order valence-corrected chi connectivity index (χ1v) is 11.4. The lowest BCUT2D eigenvalue weighted by Crippen LogP contribution is -2.40. The van der Waals surface area contributed by atoms with Gasteiger partial charge in [0.25, 0.3) is 0 Å². The van der Waals surface area contributed by atoms with Gasteiger partial charge in [0.1, 0.15) is 6.61 Å². The number of piperidine rings is 1. The summed E-state index contributed by atoms with van der Waals surface area (Å²) in [5.74, 6) is -0.0687. The van der Waals surface area contributed by atoms with Crippen molar-refractivity contribution >= 4 is 11.7 Å². The van der Waals surface area contributed by atoms with Crippen molar-refractivity contribution in [2.75, 3.05) is 32.8 Å². The average Bonchev–Trinajstić information content (AvgIpc) is 2.76. The number of rotatable bonds is 13. The third-order valence-corrected chi connectivity index (χ3v) is 5.42. The van der Waals surface area contributed by atoms with Gasteiger partial charge in [0.2, 0.25) is 0 Å². The van der Waals surface area contributed by atoms with E-state index in [1.807, 2.05) is 25.1 Å². The molecule has 0 aliphatic carbocycles. The quantitative estimate of drug-likeness (QED) is 0.201. The predicted molar refractivity (Wildman–Crippen MR) is 118 cm³/mol. The highest BCUT2D eigenvalue weighted by molar-refractivity contribution is 6.00. The van der Waals surface area contributed by atoms with Crippen LogP contribution in [0.25, 0.3) is 0 Å². The van der Waals surface area contributed by atoms with Crippen molar-refractivity contribution in [1.82, 2.24) is 4.90 Å². The van der Waals surface area contributed by atoms with E-state index in [-0.39, 0.29) is 11.9 Å². The summed E-state index contributed by atoms with van der Waals surface area (Å²) in [4.78, 5) is 20.0. The molecule has 0 aromatic heterocycles. The maximum atomic E-state index is 12.0. The molecule has 0 spiro atoms. The molecule has 29 heavy (non-hydrogen) atoms. The minimum atomic E-state index is -0.0643. The number of benzene rings is 1. The van der Waals surface area contributed by atoms with E-state index in [1.54, 1.807) is 0 Å². The molecule has 0 N–H and O–H groups in total. The SMILES string of the molecule is CCCCCCC/C(=N\OCCN1CCC[C@@H](C(=O)OCC)C1)c1ccccc1. The molecule has 0 unspecified atom stereocenters. The Kier molecular flexibility index (Phi) is 11.4. The highest BCUT2D eigenvalue weighted by atomic mass is 16.6. The smallest absolute Gasteiger partial charge is 0.310 e. The van der Waals surface area contributed by atoms with Crippen molar-refractivity contribution in [3.63, 3.8) is 0 Å². The zero-order valence-corrected chi connectivity index (χ0v) is 18.3. The van der Waals surface area contributed by atoms with Crippen molar-refractivity contribution in [2.45, 2.75) is 65.2 Å². The minimum Gasteiger partial charge on any atom is -0.466 e. The Bertz CT molecular complexity index is 603. The summed E-state index contributed by atoms with van der Waals surface area (Å²) in [7, 11) is 0. The summed E-state index contributed by atoms with van der Waals surface area (Å²) in [6, 6.07) is 10.3. The van der Waals surface area contributed by atoms with Crippen LogP contribution >= 0.6 is 0 Å². The van der Waals surface area contributed by atoms with E-state index in [9.17, 15) is 4.79 Å². The largest absolute Gasteiger partial charge is 0.466 e. The fourth-order valence-corrected chi connectivity index (χ4v) is 3.77. The van der Waals surface area contributed by atoms with Gasteiger partial charge >= 0.3 is 5.97 Å². The van der Waals surface area contributed by atoms with E-state index < -0.39 is 0 Å². The number of unbranched alkanes of at least 4 members (excludes halogenated alkanes) is 4.